The number of halogens is 1. The third kappa shape index (κ3) is 3.80. The first-order valence-corrected chi connectivity index (χ1v) is 10.4. The summed E-state index contributed by atoms with van der Waals surface area (Å²) in [6, 6.07) is 6.13. The number of nitrogens with one attached hydrogen (secondary N) is 1. The van der Waals surface area contributed by atoms with E-state index in [9.17, 15) is 4.79 Å². The zero-order valence-electron chi connectivity index (χ0n) is 14.2. The van der Waals surface area contributed by atoms with Crippen LogP contribution in [0.2, 0.25) is 5.02 Å². The third-order valence-electron chi connectivity index (χ3n) is 5.03. The topological polar surface area (TPSA) is 44.2 Å². The quantitative estimate of drug-likeness (QED) is 0.780. The molecule has 1 aromatic rings. The molecule has 2 unspecified atom stereocenters. The average Bonchev–Trinajstić information content (AvgIpc) is 2.98. The molecule has 1 amide bonds. The van der Waals surface area contributed by atoms with Crippen molar-refractivity contribution in [2.45, 2.75) is 51.0 Å². The van der Waals surface area contributed by atoms with Gasteiger partial charge in [-0.05, 0) is 42.5 Å². The first-order valence-electron chi connectivity index (χ1n) is 8.83. The zero-order chi connectivity index (χ0) is 17.1. The van der Waals surface area contributed by atoms with Crippen LogP contribution in [0.4, 0.5) is 0 Å². The summed E-state index contributed by atoms with van der Waals surface area (Å²) in [5.74, 6) is 2.14. The van der Waals surface area contributed by atoms with Crippen molar-refractivity contribution in [2.24, 2.45) is 0 Å². The number of fused-ring (bicyclic) bond motifs is 1. The summed E-state index contributed by atoms with van der Waals surface area (Å²) in [4.78, 5) is 15.3. The standard InChI is InChI=1S/C19H25ClN2OS/c1-2-3-15(21)11-16-12-24-9-8-22(16)19(23)17-7-5-13-4-6-14(20)10-18(13)17/h4,6,10,16-17,21H,2-3,5,7-9,11-12H2,1H3. The molecule has 0 spiro atoms. The van der Waals surface area contributed by atoms with Gasteiger partial charge in [0.15, 0.2) is 0 Å². The van der Waals surface area contributed by atoms with E-state index >= 15 is 0 Å². The van der Waals surface area contributed by atoms with Crippen molar-refractivity contribution < 1.29 is 4.79 Å². The number of carbonyl (C=O) groups is 1. The predicted molar refractivity (Wildman–Crippen MR) is 103 cm³/mol. The summed E-state index contributed by atoms with van der Waals surface area (Å²) in [5.41, 5.74) is 3.16. The van der Waals surface area contributed by atoms with Crippen molar-refractivity contribution in [3.63, 3.8) is 0 Å². The maximum atomic E-state index is 13.2. The molecule has 3 nitrogen and oxygen atoms in total. The summed E-state index contributed by atoms with van der Waals surface area (Å²) in [6.45, 7) is 2.91. The number of hydrogen-bond donors (Lipinski definition) is 1. The van der Waals surface area contributed by atoms with Crippen LogP contribution in [0, 0.1) is 5.41 Å². The highest BCUT2D eigenvalue weighted by Crippen LogP contribution is 2.37. The molecular weight excluding hydrogens is 340 g/mol. The molecule has 0 saturated carbocycles. The number of carbonyl (C=O) groups excluding carboxylic acids is 1. The highest BCUT2D eigenvalue weighted by atomic mass is 35.5. The summed E-state index contributed by atoms with van der Waals surface area (Å²) < 4.78 is 0. The smallest absolute Gasteiger partial charge is 0.230 e. The lowest BCUT2D eigenvalue weighted by Gasteiger charge is -2.37. The minimum atomic E-state index is -0.0512. The molecular formula is C19H25ClN2OS. The second-order valence-corrected chi connectivity index (χ2v) is 8.34. The van der Waals surface area contributed by atoms with Crippen LogP contribution < -0.4 is 0 Å². The first kappa shape index (κ1) is 17.8. The van der Waals surface area contributed by atoms with Crippen molar-refractivity contribution >= 4 is 35.0 Å². The van der Waals surface area contributed by atoms with E-state index in [4.69, 9.17) is 17.0 Å². The van der Waals surface area contributed by atoms with Crippen molar-refractivity contribution in [3.8, 4) is 0 Å². The van der Waals surface area contributed by atoms with Gasteiger partial charge in [0.2, 0.25) is 5.91 Å². The van der Waals surface area contributed by atoms with E-state index in [1.807, 2.05) is 23.9 Å². The Labute approximate surface area is 153 Å². The van der Waals surface area contributed by atoms with E-state index in [0.717, 1.165) is 61.4 Å². The fourth-order valence-corrected chi connectivity index (χ4v) is 5.08. The van der Waals surface area contributed by atoms with Crippen molar-refractivity contribution in [3.05, 3.63) is 34.3 Å². The van der Waals surface area contributed by atoms with Gasteiger partial charge in [-0.3, -0.25) is 4.79 Å². The largest absolute Gasteiger partial charge is 0.337 e. The van der Waals surface area contributed by atoms with Crippen molar-refractivity contribution in [1.82, 2.24) is 4.90 Å². The average molecular weight is 365 g/mol. The van der Waals surface area contributed by atoms with Crippen molar-refractivity contribution in [1.29, 1.82) is 5.41 Å². The molecule has 1 aromatic carbocycles. The fraction of sp³-hybridized carbons (Fsp3) is 0.579. The molecule has 3 rings (SSSR count). The van der Waals surface area contributed by atoms with E-state index in [2.05, 4.69) is 17.9 Å². The van der Waals surface area contributed by atoms with Crippen LogP contribution in [0.25, 0.3) is 0 Å². The Kier molecular flexibility index (Phi) is 5.88. The normalized spacial score (nSPS) is 23.2. The summed E-state index contributed by atoms with van der Waals surface area (Å²) in [7, 11) is 0. The number of benzene rings is 1. The van der Waals surface area contributed by atoms with Crippen molar-refractivity contribution in [2.75, 3.05) is 18.1 Å². The highest BCUT2D eigenvalue weighted by molar-refractivity contribution is 7.99. The predicted octanol–water partition coefficient (Wildman–Crippen LogP) is 4.52. The number of thioether (sulfide) groups is 1. The first-order chi connectivity index (χ1) is 11.6. The lowest BCUT2D eigenvalue weighted by molar-refractivity contribution is -0.134. The summed E-state index contributed by atoms with van der Waals surface area (Å²) in [5, 5.41) is 8.86. The van der Waals surface area contributed by atoms with Gasteiger partial charge in [-0.25, -0.2) is 0 Å². The highest BCUT2D eigenvalue weighted by Gasteiger charge is 2.36. The molecule has 1 aliphatic heterocycles. The Morgan fingerprint density at radius 1 is 1.46 bits per heavy atom. The van der Waals surface area contributed by atoms with Gasteiger partial charge >= 0.3 is 0 Å². The third-order valence-corrected chi connectivity index (χ3v) is 6.36. The molecule has 1 saturated heterocycles. The van der Waals surface area contributed by atoms with Gasteiger partial charge in [0, 0.05) is 41.2 Å². The molecule has 1 fully saturated rings. The van der Waals surface area contributed by atoms with Crippen LogP contribution in [-0.4, -0.2) is 40.6 Å². The van der Waals surface area contributed by atoms with Crippen LogP contribution >= 0.6 is 23.4 Å². The molecule has 130 valence electrons. The maximum Gasteiger partial charge on any atom is 0.230 e. The van der Waals surface area contributed by atoms with Gasteiger partial charge < -0.3 is 10.3 Å². The van der Waals surface area contributed by atoms with E-state index in [0.29, 0.717) is 5.02 Å². The minimum Gasteiger partial charge on any atom is -0.337 e. The zero-order valence-corrected chi connectivity index (χ0v) is 15.8. The molecule has 2 atom stereocenters. The second-order valence-electron chi connectivity index (χ2n) is 6.75. The Morgan fingerprint density at radius 3 is 3.08 bits per heavy atom. The Bertz CT molecular complexity index is 634. The van der Waals surface area contributed by atoms with Crippen LogP contribution in [0.3, 0.4) is 0 Å². The lowest BCUT2D eigenvalue weighted by atomic mass is 9.97. The van der Waals surface area contributed by atoms with Gasteiger partial charge in [-0.1, -0.05) is 31.0 Å². The van der Waals surface area contributed by atoms with Crippen LogP contribution in [-0.2, 0) is 11.2 Å². The number of rotatable bonds is 5. The lowest BCUT2D eigenvalue weighted by Crippen LogP contribution is -2.48. The monoisotopic (exact) mass is 364 g/mol. The Balaban J connectivity index is 1.76. The number of aryl methyl sites for hydroxylation is 1. The minimum absolute atomic E-state index is 0.0512. The van der Waals surface area contributed by atoms with E-state index < -0.39 is 0 Å². The summed E-state index contributed by atoms with van der Waals surface area (Å²) in [6.07, 6.45) is 4.41. The van der Waals surface area contributed by atoms with Gasteiger partial charge in [0.05, 0.1) is 5.92 Å². The summed E-state index contributed by atoms with van der Waals surface area (Å²) >= 11 is 8.06. The molecule has 24 heavy (non-hydrogen) atoms. The fourth-order valence-electron chi connectivity index (χ4n) is 3.83. The number of amides is 1. The SMILES string of the molecule is CCCC(=N)CC1CSCCN1C(=O)C1CCc2ccc(Cl)cc21. The number of hydrogen-bond acceptors (Lipinski definition) is 3. The molecule has 1 N–H and O–H groups in total. The maximum absolute atomic E-state index is 13.2. The van der Waals surface area contributed by atoms with E-state index in [1.165, 1.54) is 5.56 Å². The molecule has 1 aliphatic carbocycles. The molecule has 0 bridgehead atoms. The molecule has 5 heteroatoms. The van der Waals surface area contributed by atoms with Gasteiger partial charge in [0.1, 0.15) is 0 Å². The van der Waals surface area contributed by atoms with Crippen LogP contribution in [0.5, 0.6) is 0 Å². The Hall–Kier alpha value is -1.00. The second kappa shape index (κ2) is 7.92. The molecule has 0 aromatic heterocycles. The van der Waals surface area contributed by atoms with Crippen LogP contribution in [0.1, 0.15) is 49.7 Å². The van der Waals surface area contributed by atoms with E-state index in [-0.39, 0.29) is 17.9 Å². The van der Waals surface area contributed by atoms with Gasteiger partial charge in [0.25, 0.3) is 0 Å². The van der Waals surface area contributed by atoms with Gasteiger partial charge in [-0.2, -0.15) is 11.8 Å². The molecule has 2 aliphatic rings. The molecule has 0 radical (unpaired) electrons. The van der Waals surface area contributed by atoms with E-state index in [1.54, 1.807) is 0 Å². The van der Waals surface area contributed by atoms with Gasteiger partial charge in [-0.15, -0.1) is 0 Å². The number of nitrogens with zero attached hydrogens (tertiary/aromatic N) is 1. The Morgan fingerprint density at radius 2 is 2.29 bits per heavy atom. The molecule has 1 heterocycles. The van der Waals surface area contributed by atoms with Crippen LogP contribution in [0.15, 0.2) is 18.2 Å².